The van der Waals surface area contributed by atoms with E-state index in [9.17, 15) is 13.5 Å². The van der Waals surface area contributed by atoms with Gasteiger partial charge in [0, 0.05) is 0 Å². The Labute approximate surface area is 96.0 Å². The highest BCUT2D eigenvalue weighted by atomic mass is 32.2. The minimum absolute atomic E-state index is 0.0676. The fourth-order valence-corrected chi connectivity index (χ4v) is 3.93. The largest absolute Gasteiger partial charge is 0.393 e. The molecule has 1 saturated carbocycles. The van der Waals surface area contributed by atoms with Gasteiger partial charge in [0.05, 0.1) is 16.8 Å². The summed E-state index contributed by atoms with van der Waals surface area (Å²) < 4.78 is 24.0. The van der Waals surface area contributed by atoms with Crippen molar-refractivity contribution in [2.45, 2.75) is 30.3 Å². The molecule has 2 atom stereocenters. The van der Waals surface area contributed by atoms with Gasteiger partial charge in [-0.1, -0.05) is 24.6 Å². The number of aliphatic hydroxyl groups is 1. The Kier molecular flexibility index (Phi) is 3.30. The molecule has 0 aromatic heterocycles. The van der Waals surface area contributed by atoms with Crippen molar-refractivity contribution >= 4 is 9.84 Å². The van der Waals surface area contributed by atoms with E-state index in [0.29, 0.717) is 4.90 Å². The van der Waals surface area contributed by atoms with Crippen LogP contribution < -0.4 is 0 Å². The van der Waals surface area contributed by atoms with Crippen LogP contribution in [0.1, 0.15) is 19.3 Å². The number of sulfone groups is 1. The molecule has 88 valence electrons. The highest BCUT2D eigenvalue weighted by Crippen LogP contribution is 2.28. The van der Waals surface area contributed by atoms with E-state index in [4.69, 9.17) is 0 Å². The monoisotopic (exact) mass is 240 g/mol. The smallest absolute Gasteiger partial charge is 0.178 e. The molecule has 0 aliphatic heterocycles. The third kappa shape index (κ3) is 2.44. The Bertz CT molecular complexity index is 439. The van der Waals surface area contributed by atoms with Crippen LogP contribution in [0.15, 0.2) is 35.2 Å². The second-order valence-electron chi connectivity index (χ2n) is 4.35. The molecule has 0 spiro atoms. The molecule has 1 fully saturated rings. The van der Waals surface area contributed by atoms with E-state index in [1.807, 2.05) is 0 Å². The van der Waals surface area contributed by atoms with Gasteiger partial charge in [-0.3, -0.25) is 0 Å². The summed E-state index contributed by atoms with van der Waals surface area (Å²) in [5.41, 5.74) is 0. The zero-order valence-electron chi connectivity index (χ0n) is 9.04. The topological polar surface area (TPSA) is 54.4 Å². The first-order valence-corrected chi connectivity index (χ1v) is 7.21. The molecule has 1 aliphatic carbocycles. The average Bonchev–Trinajstić information content (AvgIpc) is 2.65. The zero-order valence-corrected chi connectivity index (χ0v) is 9.86. The van der Waals surface area contributed by atoms with Crippen molar-refractivity contribution in [2.75, 3.05) is 5.75 Å². The summed E-state index contributed by atoms with van der Waals surface area (Å²) in [7, 11) is -3.24. The van der Waals surface area contributed by atoms with Crippen LogP contribution in [0.25, 0.3) is 0 Å². The Morgan fingerprint density at radius 1 is 1.19 bits per heavy atom. The molecular formula is C12H16O3S. The standard InChI is InChI=1S/C12H16O3S/c13-12-8-4-5-10(12)9-16(14,15)11-6-2-1-3-7-11/h1-3,6-7,10,12-13H,4-5,8-9H2/t10-,12-/m1/s1. The second-order valence-corrected chi connectivity index (χ2v) is 6.39. The van der Waals surface area contributed by atoms with Crippen LogP contribution in [0.4, 0.5) is 0 Å². The first-order chi connectivity index (χ1) is 7.59. The maximum atomic E-state index is 12.0. The lowest BCUT2D eigenvalue weighted by Crippen LogP contribution is -2.23. The van der Waals surface area contributed by atoms with Crippen molar-refractivity contribution in [2.24, 2.45) is 5.92 Å². The summed E-state index contributed by atoms with van der Waals surface area (Å²) in [6, 6.07) is 8.45. The SMILES string of the molecule is O=S(=O)(C[C@H]1CCC[C@H]1O)c1ccccc1. The summed E-state index contributed by atoms with van der Waals surface area (Å²) in [5.74, 6) is -0.0248. The van der Waals surface area contributed by atoms with E-state index in [2.05, 4.69) is 0 Å². The average molecular weight is 240 g/mol. The molecule has 1 aromatic carbocycles. The molecule has 3 nitrogen and oxygen atoms in total. The normalized spacial score (nSPS) is 25.8. The van der Waals surface area contributed by atoms with Crippen molar-refractivity contribution in [1.82, 2.24) is 0 Å². The summed E-state index contributed by atoms with van der Waals surface area (Å²) in [6.45, 7) is 0. The predicted octanol–water partition coefficient (Wildman–Crippen LogP) is 1.62. The van der Waals surface area contributed by atoms with Crippen LogP contribution in [-0.4, -0.2) is 25.4 Å². The molecule has 0 amide bonds. The number of aliphatic hydroxyl groups excluding tert-OH is 1. The van der Waals surface area contributed by atoms with E-state index >= 15 is 0 Å². The molecule has 0 radical (unpaired) electrons. The molecule has 1 aliphatic rings. The summed E-state index contributed by atoms with van der Waals surface area (Å²) in [5, 5.41) is 9.63. The fraction of sp³-hybridized carbons (Fsp3) is 0.500. The van der Waals surface area contributed by atoms with Gasteiger partial charge in [0.2, 0.25) is 0 Å². The maximum Gasteiger partial charge on any atom is 0.178 e. The van der Waals surface area contributed by atoms with Gasteiger partial charge in [-0.05, 0) is 30.9 Å². The quantitative estimate of drug-likeness (QED) is 0.873. The molecule has 1 N–H and O–H groups in total. The van der Waals surface area contributed by atoms with Crippen LogP contribution in [0.3, 0.4) is 0 Å². The predicted molar refractivity (Wildman–Crippen MR) is 61.8 cm³/mol. The van der Waals surface area contributed by atoms with Crippen LogP contribution in [0.2, 0.25) is 0 Å². The van der Waals surface area contributed by atoms with Crippen LogP contribution in [0.5, 0.6) is 0 Å². The number of hydrogen-bond acceptors (Lipinski definition) is 3. The van der Waals surface area contributed by atoms with E-state index in [-0.39, 0.29) is 11.7 Å². The first kappa shape index (κ1) is 11.6. The van der Waals surface area contributed by atoms with E-state index < -0.39 is 15.9 Å². The Morgan fingerprint density at radius 2 is 1.88 bits per heavy atom. The van der Waals surface area contributed by atoms with E-state index in [1.165, 1.54) is 0 Å². The summed E-state index contributed by atoms with van der Waals surface area (Å²) >= 11 is 0. The van der Waals surface area contributed by atoms with E-state index in [0.717, 1.165) is 19.3 Å². The lowest BCUT2D eigenvalue weighted by molar-refractivity contribution is 0.142. The number of benzene rings is 1. The zero-order chi connectivity index (χ0) is 11.6. The Hall–Kier alpha value is -0.870. The molecule has 0 heterocycles. The van der Waals surface area contributed by atoms with Crippen LogP contribution in [0, 0.1) is 5.92 Å². The molecule has 4 heteroatoms. The molecule has 0 bridgehead atoms. The third-order valence-electron chi connectivity index (χ3n) is 3.15. The third-order valence-corrected chi connectivity index (χ3v) is 5.01. The van der Waals surface area contributed by atoms with Crippen molar-refractivity contribution in [1.29, 1.82) is 0 Å². The van der Waals surface area contributed by atoms with Gasteiger partial charge in [0.1, 0.15) is 0 Å². The summed E-state index contributed by atoms with van der Waals surface area (Å²) in [4.78, 5) is 0.356. The lowest BCUT2D eigenvalue weighted by atomic mass is 10.1. The van der Waals surface area contributed by atoms with Gasteiger partial charge in [-0.2, -0.15) is 0 Å². The van der Waals surface area contributed by atoms with Gasteiger partial charge in [-0.15, -0.1) is 0 Å². The highest BCUT2D eigenvalue weighted by Gasteiger charge is 2.30. The maximum absolute atomic E-state index is 12.0. The lowest BCUT2D eigenvalue weighted by Gasteiger charge is -2.14. The molecule has 2 rings (SSSR count). The minimum atomic E-state index is -3.24. The molecule has 0 saturated heterocycles. The number of hydrogen-bond donors (Lipinski definition) is 1. The molecule has 1 aromatic rings. The van der Waals surface area contributed by atoms with Gasteiger partial charge in [0.25, 0.3) is 0 Å². The Morgan fingerprint density at radius 3 is 2.44 bits per heavy atom. The van der Waals surface area contributed by atoms with Crippen LogP contribution in [-0.2, 0) is 9.84 Å². The van der Waals surface area contributed by atoms with Crippen molar-refractivity contribution in [3.63, 3.8) is 0 Å². The van der Waals surface area contributed by atoms with Crippen molar-refractivity contribution in [3.05, 3.63) is 30.3 Å². The Balaban J connectivity index is 2.15. The van der Waals surface area contributed by atoms with Crippen molar-refractivity contribution < 1.29 is 13.5 Å². The molecule has 16 heavy (non-hydrogen) atoms. The van der Waals surface area contributed by atoms with Gasteiger partial charge in [-0.25, -0.2) is 8.42 Å². The second kappa shape index (κ2) is 4.55. The number of rotatable bonds is 3. The van der Waals surface area contributed by atoms with Gasteiger partial charge < -0.3 is 5.11 Å². The van der Waals surface area contributed by atoms with Gasteiger partial charge >= 0.3 is 0 Å². The van der Waals surface area contributed by atoms with Gasteiger partial charge in [0.15, 0.2) is 9.84 Å². The van der Waals surface area contributed by atoms with E-state index in [1.54, 1.807) is 30.3 Å². The molecule has 0 unspecified atom stereocenters. The fourth-order valence-electron chi connectivity index (χ4n) is 2.22. The minimum Gasteiger partial charge on any atom is -0.393 e. The highest BCUT2D eigenvalue weighted by molar-refractivity contribution is 7.91. The first-order valence-electron chi connectivity index (χ1n) is 5.55. The summed E-state index contributed by atoms with van der Waals surface area (Å²) in [6.07, 6.45) is 2.02. The van der Waals surface area contributed by atoms with Crippen molar-refractivity contribution in [3.8, 4) is 0 Å². The molecular weight excluding hydrogens is 224 g/mol. The van der Waals surface area contributed by atoms with Crippen LogP contribution >= 0.6 is 0 Å².